The number of amides is 2. The smallest absolute Gasteiger partial charge is 0.259 e. The first-order valence-electron chi connectivity index (χ1n) is 5.39. The van der Waals surface area contributed by atoms with Crippen molar-refractivity contribution in [3.8, 4) is 0 Å². The predicted molar refractivity (Wildman–Crippen MR) is 71.2 cm³/mol. The standard InChI is InChI=1S/C12H11ClN4O2/c1-6-9(5-15-17-6)12(19)16-7-2-3-10(13)8(4-7)11(14)18/h2-5H,1H3,(H2,14,18)(H,15,17)(H,16,19). The number of rotatable bonds is 3. The summed E-state index contributed by atoms with van der Waals surface area (Å²) in [4.78, 5) is 23.1. The van der Waals surface area contributed by atoms with Crippen molar-refractivity contribution in [2.75, 3.05) is 5.32 Å². The van der Waals surface area contributed by atoms with Crippen LogP contribution in [0.3, 0.4) is 0 Å². The maximum absolute atomic E-state index is 11.9. The van der Waals surface area contributed by atoms with Crippen molar-refractivity contribution < 1.29 is 9.59 Å². The summed E-state index contributed by atoms with van der Waals surface area (Å²) < 4.78 is 0. The van der Waals surface area contributed by atoms with Gasteiger partial charge in [-0.25, -0.2) is 0 Å². The Bertz CT molecular complexity index is 651. The number of halogens is 1. The number of hydrogen-bond acceptors (Lipinski definition) is 3. The molecule has 19 heavy (non-hydrogen) atoms. The highest BCUT2D eigenvalue weighted by molar-refractivity contribution is 6.34. The normalized spacial score (nSPS) is 10.2. The van der Waals surface area contributed by atoms with Crippen molar-refractivity contribution in [2.45, 2.75) is 6.92 Å². The molecule has 2 aromatic rings. The zero-order chi connectivity index (χ0) is 14.0. The van der Waals surface area contributed by atoms with E-state index in [4.69, 9.17) is 17.3 Å². The van der Waals surface area contributed by atoms with Gasteiger partial charge in [-0.3, -0.25) is 14.7 Å². The Morgan fingerprint density at radius 1 is 1.37 bits per heavy atom. The molecule has 0 aliphatic carbocycles. The van der Waals surface area contributed by atoms with Crippen molar-refractivity contribution in [3.63, 3.8) is 0 Å². The molecule has 0 unspecified atom stereocenters. The van der Waals surface area contributed by atoms with E-state index in [1.807, 2.05) is 0 Å². The topological polar surface area (TPSA) is 101 Å². The van der Waals surface area contributed by atoms with Crippen LogP contribution in [-0.4, -0.2) is 22.0 Å². The zero-order valence-corrected chi connectivity index (χ0v) is 10.8. The van der Waals surface area contributed by atoms with Crippen molar-refractivity contribution >= 4 is 29.1 Å². The highest BCUT2D eigenvalue weighted by Crippen LogP contribution is 2.20. The van der Waals surface area contributed by atoms with Crippen LogP contribution in [0.4, 0.5) is 5.69 Å². The van der Waals surface area contributed by atoms with E-state index in [1.54, 1.807) is 13.0 Å². The summed E-state index contributed by atoms with van der Waals surface area (Å²) in [5.74, 6) is -0.982. The fourth-order valence-corrected chi connectivity index (χ4v) is 1.78. The second-order valence-electron chi connectivity index (χ2n) is 3.92. The highest BCUT2D eigenvalue weighted by Gasteiger charge is 2.13. The summed E-state index contributed by atoms with van der Waals surface area (Å²) in [6, 6.07) is 4.51. The summed E-state index contributed by atoms with van der Waals surface area (Å²) in [5.41, 5.74) is 6.85. The SMILES string of the molecule is Cc1[nH]ncc1C(=O)Nc1ccc(Cl)c(C(N)=O)c1. The number of benzene rings is 1. The van der Waals surface area contributed by atoms with Crippen LogP contribution < -0.4 is 11.1 Å². The number of aryl methyl sites for hydroxylation is 1. The molecule has 0 bridgehead atoms. The maximum atomic E-state index is 11.9. The summed E-state index contributed by atoms with van der Waals surface area (Å²) in [7, 11) is 0. The average Bonchev–Trinajstić information content (AvgIpc) is 2.77. The second kappa shape index (κ2) is 5.11. The van der Waals surface area contributed by atoms with Crippen molar-refractivity contribution in [2.24, 2.45) is 5.73 Å². The summed E-state index contributed by atoms with van der Waals surface area (Å²) in [6.07, 6.45) is 1.43. The van der Waals surface area contributed by atoms with Crippen LogP contribution in [0.2, 0.25) is 5.02 Å². The Balaban J connectivity index is 2.25. The van der Waals surface area contributed by atoms with Crippen LogP contribution in [0, 0.1) is 6.92 Å². The average molecular weight is 279 g/mol. The number of nitrogens with zero attached hydrogens (tertiary/aromatic N) is 1. The third kappa shape index (κ3) is 2.74. The van der Waals surface area contributed by atoms with E-state index >= 15 is 0 Å². The first-order chi connectivity index (χ1) is 8.99. The van der Waals surface area contributed by atoms with Crippen LogP contribution in [-0.2, 0) is 0 Å². The lowest BCUT2D eigenvalue weighted by Gasteiger charge is -2.07. The first-order valence-corrected chi connectivity index (χ1v) is 5.77. The van der Waals surface area contributed by atoms with E-state index in [9.17, 15) is 9.59 Å². The van der Waals surface area contributed by atoms with Gasteiger partial charge in [0.1, 0.15) is 0 Å². The molecule has 2 amide bonds. The molecule has 0 saturated carbocycles. The number of H-pyrrole nitrogens is 1. The Labute approximate surface area is 113 Å². The van der Waals surface area contributed by atoms with Gasteiger partial charge < -0.3 is 11.1 Å². The van der Waals surface area contributed by atoms with Crippen molar-refractivity contribution in [1.82, 2.24) is 10.2 Å². The predicted octanol–water partition coefficient (Wildman–Crippen LogP) is 1.72. The number of aromatic nitrogens is 2. The number of carbonyl (C=O) groups excluding carboxylic acids is 2. The summed E-state index contributed by atoms with van der Waals surface area (Å²) in [5, 5.41) is 9.31. The van der Waals surface area contributed by atoms with Gasteiger partial charge in [-0.05, 0) is 25.1 Å². The number of hydrogen-bond donors (Lipinski definition) is 3. The molecular weight excluding hydrogens is 268 g/mol. The van der Waals surface area contributed by atoms with Crippen LogP contribution in [0.5, 0.6) is 0 Å². The molecule has 6 nitrogen and oxygen atoms in total. The minimum Gasteiger partial charge on any atom is -0.366 e. The Hall–Kier alpha value is -2.34. The van der Waals surface area contributed by atoms with Gasteiger partial charge in [0.2, 0.25) is 5.91 Å². The van der Waals surface area contributed by atoms with Gasteiger partial charge in [-0.15, -0.1) is 0 Å². The van der Waals surface area contributed by atoms with Crippen molar-refractivity contribution in [3.05, 3.63) is 46.2 Å². The second-order valence-corrected chi connectivity index (χ2v) is 4.33. The summed E-state index contributed by atoms with van der Waals surface area (Å²) in [6.45, 7) is 1.73. The quantitative estimate of drug-likeness (QED) is 0.797. The third-order valence-electron chi connectivity index (χ3n) is 2.56. The molecule has 0 spiro atoms. The molecule has 0 fully saturated rings. The number of aromatic amines is 1. The van der Waals surface area contributed by atoms with E-state index in [2.05, 4.69) is 15.5 Å². The van der Waals surface area contributed by atoms with Gasteiger partial charge in [-0.2, -0.15) is 5.10 Å². The van der Waals surface area contributed by atoms with Crippen LogP contribution in [0.1, 0.15) is 26.4 Å². The molecule has 1 aromatic heterocycles. The fourth-order valence-electron chi connectivity index (χ4n) is 1.57. The molecule has 1 aromatic carbocycles. The van der Waals surface area contributed by atoms with Crippen LogP contribution >= 0.6 is 11.6 Å². The zero-order valence-electron chi connectivity index (χ0n) is 10.0. The first kappa shape index (κ1) is 13.1. The Kier molecular flexibility index (Phi) is 3.52. The van der Waals surface area contributed by atoms with E-state index in [1.165, 1.54) is 18.3 Å². The molecule has 0 radical (unpaired) electrons. The van der Waals surface area contributed by atoms with Gasteiger partial charge in [0.15, 0.2) is 0 Å². The lowest BCUT2D eigenvalue weighted by Crippen LogP contribution is -2.15. The minimum absolute atomic E-state index is 0.156. The van der Waals surface area contributed by atoms with E-state index in [0.29, 0.717) is 16.9 Å². The molecule has 2 rings (SSSR count). The van der Waals surface area contributed by atoms with Gasteiger partial charge in [0.05, 0.1) is 22.3 Å². The largest absolute Gasteiger partial charge is 0.366 e. The number of anilines is 1. The van der Waals surface area contributed by atoms with Gasteiger partial charge in [0, 0.05) is 11.4 Å². The van der Waals surface area contributed by atoms with Gasteiger partial charge in [-0.1, -0.05) is 11.6 Å². The van der Waals surface area contributed by atoms with E-state index < -0.39 is 5.91 Å². The van der Waals surface area contributed by atoms with Gasteiger partial charge >= 0.3 is 0 Å². The number of nitrogens with one attached hydrogen (secondary N) is 2. The minimum atomic E-state index is -0.652. The molecule has 0 aliphatic heterocycles. The molecule has 0 atom stereocenters. The number of primary amides is 1. The lowest BCUT2D eigenvalue weighted by molar-refractivity contribution is 0.0996. The molecule has 7 heteroatoms. The van der Waals surface area contributed by atoms with Crippen molar-refractivity contribution in [1.29, 1.82) is 0 Å². The Morgan fingerprint density at radius 2 is 2.11 bits per heavy atom. The molecular formula is C12H11ClN4O2. The van der Waals surface area contributed by atoms with Gasteiger partial charge in [0.25, 0.3) is 5.91 Å². The Morgan fingerprint density at radius 3 is 2.68 bits per heavy atom. The van der Waals surface area contributed by atoms with Crippen LogP contribution in [0.25, 0.3) is 0 Å². The number of carbonyl (C=O) groups is 2. The monoisotopic (exact) mass is 278 g/mol. The third-order valence-corrected chi connectivity index (χ3v) is 2.89. The molecule has 98 valence electrons. The molecule has 4 N–H and O–H groups in total. The summed E-state index contributed by atoms with van der Waals surface area (Å²) >= 11 is 5.82. The lowest BCUT2D eigenvalue weighted by atomic mass is 10.1. The molecule has 1 heterocycles. The van der Waals surface area contributed by atoms with E-state index in [-0.39, 0.29) is 16.5 Å². The van der Waals surface area contributed by atoms with Crippen LogP contribution in [0.15, 0.2) is 24.4 Å². The molecule has 0 aliphatic rings. The maximum Gasteiger partial charge on any atom is 0.259 e. The number of nitrogens with two attached hydrogens (primary N) is 1. The molecule has 0 saturated heterocycles. The van der Waals surface area contributed by atoms with E-state index in [0.717, 1.165) is 0 Å². The highest BCUT2D eigenvalue weighted by atomic mass is 35.5. The fraction of sp³-hybridized carbons (Fsp3) is 0.0833.